The number of nitrogens with zero attached hydrogens (tertiary/aromatic N) is 4. The van der Waals surface area contributed by atoms with E-state index in [-0.39, 0.29) is 5.95 Å². The number of benzene rings is 1. The molecule has 4 aromatic rings. The molecule has 2 N–H and O–H groups in total. The standard InChI is InChI=1S/C19H17N5O/c1-11-3-5-14(21-10-11)9-18-15-8-13(4-6-16(15)24-25-18)17-7-12(2)22-19(20)23-17/h3-8,10H,9H2,1-2H3,(H2,20,22,23). The monoisotopic (exact) mass is 331 g/mol. The third-order valence-electron chi connectivity index (χ3n) is 4.03. The summed E-state index contributed by atoms with van der Waals surface area (Å²) in [4.78, 5) is 12.9. The maximum atomic E-state index is 5.77. The predicted molar refractivity (Wildman–Crippen MR) is 96.0 cm³/mol. The van der Waals surface area contributed by atoms with Gasteiger partial charge in [-0.2, -0.15) is 0 Å². The minimum atomic E-state index is 0.268. The largest absolute Gasteiger partial charge is 0.368 e. The highest BCUT2D eigenvalue weighted by Crippen LogP contribution is 2.27. The van der Waals surface area contributed by atoms with Crippen LogP contribution in [0.2, 0.25) is 0 Å². The molecular weight excluding hydrogens is 314 g/mol. The van der Waals surface area contributed by atoms with Crippen LogP contribution in [0.25, 0.3) is 22.2 Å². The van der Waals surface area contributed by atoms with Gasteiger partial charge < -0.3 is 10.3 Å². The van der Waals surface area contributed by atoms with Gasteiger partial charge in [-0.05, 0) is 43.7 Å². The van der Waals surface area contributed by atoms with Crippen molar-refractivity contribution in [2.24, 2.45) is 0 Å². The van der Waals surface area contributed by atoms with E-state index in [0.29, 0.717) is 6.42 Å². The summed E-state index contributed by atoms with van der Waals surface area (Å²) in [5.74, 6) is 1.05. The number of nitrogen functional groups attached to an aromatic ring is 1. The summed E-state index contributed by atoms with van der Waals surface area (Å²) in [7, 11) is 0. The van der Waals surface area contributed by atoms with Crippen molar-refractivity contribution in [3.8, 4) is 11.3 Å². The smallest absolute Gasteiger partial charge is 0.220 e. The highest BCUT2D eigenvalue weighted by atomic mass is 16.5. The molecule has 0 aliphatic carbocycles. The van der Waals surface area contributed by atoms with E-state index in [9.17, 15) is 0 Å². The van der Waals surface area contributed by atoms with Gasteiger partial charge in [0.2, 0.25) is 5.95 Å². The van der Waals surface area contributed by atoms with Crippen LogP contribution in [-0.2, 0) is 6.42 Å². The zero-order chi connectivity index (χ0) is 17.4. The van der Waals surface area contributed by atoms with Crippen LogP contribution in [0.1, 0.15) is 22.7 Å². The fourth-order valence-corrected chi connectivity index (χ4v) is 2.79. The fraction of sp³-hybridized carbons (Fsp3) is 0.158. The van der Waals surface area contributed by atoms with Gasteiger partial charge in [0, 0.05) is 28.5 Å². The number of rotatable bonds is 3. The van der Waals surface area contributed by atoms with Crippen molar-refractivity contribution >= 4 is 16.9 Å². The molecule has 124 valence electrons. The summed E-state index contributed by atoms with van der Waals surface area (Å²) < 4.78 is 5.54. The zero-order valence-electron chi connectivity index (χ0n) is 14.0. The Kier molecular flexibility index (Phi) is 3.65. The number of aryl methyl sites for hydroxylation is 2. The SMILES string of the molecule is Cc1ccc(Cc2onc3ccc(-c4cc(C)nc(N)n4)cc23)nc1. The Labute approximate surface area is 144 Å². The van der Waals surface area contributed by atoms with Crippen molar-refractivity contribution in [3.63, 3.8) is 0 Å². The first kappa shape index (κ1) is 15.3. The summed E-state index contributed by atoms with van der Waals surface area (Å²) in [5.41, 5.74) is 11.2. The van der Waals surface area contributed by atoms with Gasteiger partial charge >= 0.3 is 0 Å². The Morgan fingerprint density at radius 3 is 2.68 bits per heavy atom. The molecule has 0 aliphatic heterocycles. The van der Waals surface area contributed by atoms with Gasteiger partial charge in [-0.3, -0.25) is 4.98 Å². The second kappa shape index (κ2) is 5.98. The molecule has 0 radical (unpaired) electrons. The summed E-state index contributed by atoms with van der Waals surface area (Å²) in [5, 5.41) is 5.10. The lowest BCUT2D eigenvalue weighted by atomic mass is 10.1. The molecule has 4 rings (SSSR count). The minimum absolute atomic E-state index is 0.268. The molecule has 6 heteroatoms. The van der Waals surface area contributed by atoms with E-state index in [2.05, 4.69) is 20.1 Å². The molecule has 0 saturated carbocycles. The summed E-state index contributed by atoms with van der Waals surface area (Å²) in [6, 6.07) is 11.9. The number of anilines is 1. The molecule has 1 aromatic carbocycles. The van der Waals surface area contributed by atoms with E-state index >= 15 is 0 Å². The van der Waals surface area contributed by atoms with Crippen LogP contribution < -0.4 is 5.73 Å². The van der Waals surface area contributed by atoms with Gasteiger partial charge in [0.15, 0.2) is 5.76 Å². The van der Waals surface area contributed by atoms with E-state index < -0.39 is 0 Å². The first-order valence-electron chi connectivity index (χ1n) is 8.00. The Hall–Kier alpha value is -3.28. The molecule has 0 spiro atoms. The highest BCUT2D eigenvalue weighted by Gasteiger charge is 2.12. The maximum Gasteiger partial charge on any atom is 0.220 e. The topological polar surface area (TPSA) is 90.7 Å². The molecule has 3 aromatic heterocycles. The van der Waals surface area contributed by atoms with E-state index in [1.165, 1.54) is 0 Å². The van der Waals surface area contributed by atoms with Gasteiger partial charge in [-0.25, -0.2) is 9.97 Å². The number of hydrogen-bond donors (Lipinski definition) is 1. The number of aromatic nitrogens is 4. The molecule has 0 aliphatic rings. The lowest BCUT2D eigenvalue weighted by molar-refractivity contribution is 0.396. The van der Waals surface area contributed by atoms with Gasteiger partial charge in [0.25, 0.3) is 0 Å². The Morgan fingerprint density at radius 2 is 1.92 bits per heavy atom. The molecule has 0 fully saturated rings. The van der Waals surface area contributed by atoms with Crippen LogP contribution in [0.15, 0.2) is 47.1 Å². The third kappa shape index (κ3) is 3.06. The molecule has 0 saturated heterocycles. The Bertz CT molecular complexity index is 1030. The molecule has 0 atom stereocenters. The quantitative estimate of drug-likeness (QED) is 0.618. The van der Waals surface area contributed by atoms with Crippen molar-refractivity contribution < 1.29 is 4.52 Å². The first-order valence-corrected chi connectivity index (χ1v) is 8.00. The van der Waals surface area contributed by atoms with Gasteiger partial charge in [-0.1, -0.05) is 17.3 Å². The maximum absolute atomic E-state index is 5.77. The normalized spacial score (nSPS) is 11.1. The van der Waals surface area contributed by atoms with Crippen LogP contribution in [0.3, 0.4) is 0 Å². The average molecular weight is 331 g/mol. The van der Waals surface area contributed by atoms with Crippen molar-refractivity contribution in [1.29, 1.82) is 0 Å². The summed E-state index contributed by atoms with van der Waals surface area (Å²) in [6.07, 6.45) is 2.44. The second-order valence-electron chi connectivity index (χ2n) is 6.09. The Balaban J connectivity index is 1.75. The first-order chi connectivity index (χ1) is 12.1. The lowest BCUT2D eigenvalue weighted by Gasteiger charge is -2.04. The number of pyridine rings is 1. The molecule has 6 nitrogen and oxygen atoms in total. The number of fused-ring (bicyclic) bond motifs is 1. The average Bonchev–Trinajstić information content (AvgIpc) is 2.98. The van der Waals surface area contributed by atoms with Crippen LogP contribution >= 0.6 is 0 Å². The third-order valence-corrected chi connectivity index (χ3v) is 4.03. The van der Waals surface area contributed by atoms with Gasteiger partial charge in [0.1, 0.15) is 5.52 Å². The summed E-state index contributed by atoms with van der Waals surface area (Å²) in [6.45, 7) is 3.91. The molecular formula is C19H17N5O. The molecule has 3 heterocycles. The fourth-order valence-electron chi connectivity index (χ4n) is 2.79. The van der Waals surface area contributed by atoms with E-state index in [4.69, 9.17) is 10.3 Å². The van der Waals surface area contributed by atoms with Crippen molar-refractivity contribution in [3.05, 3.63) is 65.3 Å². The minimum Gasteiger partial charge on any atom is -0.368 e. The Morgan fingerprint density at radius 1 is 1.04 bits per heavy atom. The number of nitrogens with two attached hydrogens (primary N) is 1. The molecule has 0 amide bonds. The van der Waals surface area contributed by atoms with Crippen LogP contribution in [0.5, 0.6) is 0 Å². The van der Waals surface area contributed by atoms with Crippen LogP contribution in [0.4, 0.5) is 5.95 Å². The van der Waals surface area contributed by atoms with E-state index in [1.54, 1.807) is 0 Å². The lowest BCUT2D eigenvalue weighted by Crippen LogP contribution is -1.98. The molecule has 0 bridgehead atoms. The second-order valence-corrected chi connectivity index (χ2v) is 6.09. The van der Waals surface area contributed by atoms with E-state index in [1.807, 2.05) is 56.4 Å². The predicted octanol–water partition coefficient (Wildman–Crippen LogP) is 3.47. The van der Waals surface area contributed by atoms with Crippen LogP contribution in [-0.4, -0.2) is 20.1 Å². The van der Waals surface area contributed by atoms with Gasteiger partial charge in [0.05, 0.1) is 12.1 Å². The van der Waals surface area contributed by atoms with Crippen molar-refractivity contribution in [2.75, 3.05) is 5.73 Å². The molecule has 0 unspecified atom stereocenters. The molecule has 25 heavy (non-hydrogen) atoms. The van der Waals surface area contributed by atoms with Crippen LogP contribution in [0, 0.1) is 13.8 Å². The summed E-state index contributed by atoms with van der Waals surface area (Å²) >= 11 is 0. The van der Waals surface area contributed by atoms with E-state index in [0.717, 1.165) is 44.9 Å². The highest BCUT2D eigenvalue weighted by molar-refractivity contribution is 5.85. The van der Waals surface area contributed by atoms with Crippen molar-refractivity contribution in [2.45, 2.75) is 20.3 Å². The number of hydrogen-bond acceptors (Lipinski definition) is 6. The van der Waals surface area contributed by atoms with Crippen molar-refractivity contribution in [1.82, 2.24) is 20.1 Å². The van der Waals surface area contributed by atoms with Gasteiger partial charge in [-0.15, -0.1) is 0 Å². The zero-order valence-corrected chi connectivity index (χ0v) is 14.0.